The van der Waals surface area contributed by atoms with Crippen molar-refractivity contribution in [1.82, 2.24) is 9.97 Å². The molecule has 2 heterocycles. The molecule has 4 nitrogen and oxygen atoms in total. The maximum atomic E-state index is 6.38. The van der Waals surface area contributed by atoms with Crippen molar-refractivity contribution in [3.63, 3.8) is 0 Å². The number of hydrogen-bond donors (Lipinski definition) is 0. The molecule has 0 amide bonds. The Balaban J connectivity index is 1.79. The van der Waals surface area contributed by atoms with Crippen LogP contribution in [0.3, 0.4) is 0 Å². The topological polar surface area (TPSA) is 48.2 Å². The first-order valence-electron chi connectivity index (χ1n) is 7.39. The molecule has 4 aromatic rings. The Hall–Kier alpha value is -2.85. The zero-order chi connectivity index (χ0) is 16.5. The van der Waals surface area contributed by atoms with Crippen LogP contribution in [0.5, 0.6) is 5.75 Å². The summed E-state index contributed by atoms with van der Waals surface area (Å²) in [5.74, 6) is 1.40. The molecule has 24 heavy (non-hydrogen) atoms. The highest BCUT2D eigenvalue weighted by atomic mass is 35.5. The van der Waals surface area contributed by atoms with Crippen LogP contribution < -0.4 is 4.74 Å². The molecule has 0 aliphatic rings. The fraction of sp³-hybridized carbons (Fsp3) is 0.0526. The van der Waals surface area contributed by atoms with Gasteiger partial charge in [0.05, 0.1) is 18.8 Å². The summed E-state index contributed by atoms with van der Waals surface area (Å²) in [6.45, 7) is 0. The molecule has 0 spiro atoms. The van der Waals surface area contributed by atoms with E-state index in [9.17, 15) is 0 Å². The number of benzene rings is 2. The van der Waals surface area contributed by atoms with E-state index in [-0.39, 0.29) is 0 Å². The molecule has 0 saturated carbocycles. The van der Waals surface area contributed by atoms with E-state index in [0.29, 0.717) is 16.6 Å². The summed E-state index contributed by atoms with van der Waals surface area (Å²) in [6.07, 6.45) is 3.36. The van der Waals surface area contributed by atoms with Crippen molar-refractivity contribution < 1.29 is 9.15 Å². The van der Waals surface area contributed by atoms with E-state index in [0.717, 1.165) is 27.8 Å². The highest BCUT2D eigenvalue weighted by molar-refractivity contribution is 6.33. The molecular formula is C19H13ClN2O2. The van der Waals surface area contributed by atoms with E-state index in [4.69, 9.17) is 20.8 Å². The average Bonchev–Trinajstić information content (AvgIpc) is 3.10. The summed E-state index contributed by atoms with van der Waals surface area (Å²) in [7, 11) is 1.64. The highest BCUT2D eigenvalue weighted by Crippen LogP contribution is 2.32. The van der Waals surface area contributed by atoms with Crippen molar-refractivity contribution in [2.24, 2.45) is 0 Å². The van der Waals surface area contributed by atoms with E-state index >= 15 is 0 Å². The third-order valence-corrected chi connectivity index (χ3v) is 4.16. The molecule has 2 aromatic carbocycles. The van der Waals surface area contributed by atoms with Crippen LogP contribution in [0, 0.1) is 0 Å². The number of furan rings is 1. The number of methoxy groups -OCH3 is 1. The summed E-state index contributed by atoms with van der Waals surface area (Å²) >= 11 is 6.38. The predicted octanol–water partition coefficient (Wildman–Crippen LogP) is 5.22. The van der Waals surface area contributed by atoms with Crippen LogP contribution in [0.2, 0.25) is 5.02 Å². The van der Waals surface area contributed by atoms with Gasteiger partial charge in [-0.25, -0.2) is 4.98 Å². The lowest BCUT2D eigenvalue weighted by molar-refractivity contribution is 0.415. The summed E-state index contributed by atoms with van der Waals surface area (Å²) in [5.41, 5.74) is 3.37. The number of hydrogen-bond acceptors (Lipinski definition) is 4. The Bertz CT molecular complexity index is 1010. The van der Waals surface area contributed by atoms with Crippen LogP contribution in [0.1, 0.15) is 0 Å². The number of halogens is 1. The summed E-state index contributed by atoms with van der Waals surface area (Å²) in [4.78, 5) is 8.86. The van der Waals surface area contributed by atoms with Gasteiger partial charge in [-0.2, -0.15) is 4.98 Å². The van der Waals surface area contributed by atoms with Crippen molar-refractivity contribution >= 4 is 22.7 Å². The predicted molar refractivity (Wildman–Crippen MR) is 94.2 cm³/mol. The van der Waals surface area contributed by atoms with E-state index in [1.54, 1.807) is 19.6 Å². The van der Waals surface area contributed by atoms with Crippen LogP contribution in [0.15, 0.2) is 65.4 Å². The number of ether oxygens (including phenoxy) is 1. The lowest BCUT2D eigenvalue weighted by Gasteiger charge is -2.08. The highest BCUT2D eigenvalue weighted by Gasteiger charge is 2.10. The third kappa shape index (κ3) is 2.61. The first kappa shape index (κ1) is 14.7. The molecule has 2 aromatic heterocycles. The zero-order valence-corrected chi connectivity index (χ0v) is 13.6. The monoisotopic (exact) mass is 336 g/mol. The minimum absolute atomic E-state index is 0.570. The normalized spacial score (nSPS) is 10.9. The van der Waals surface area contributed by atoms with Gasteiger partial charge in [0.25, 0.3) is 0 Å². The fourth-order valence-corrected chi connectivity index (χ4v) is 2.78. The SMILES string of the molecule is COc1ccc(-c2cc(-c3ncc4ccoc4n3)ccc2Cl)cc1. The number of rotatable bonds is 3. The molecular weight excluding hydrogens is 324 g/mol. The lowest BCUT2D eigenvalue weighted by atomic mass is 10.0. The molecule has 0 aliphatic heterocycles. The van der Waals surface area contributed by atoms with Crippen LogP contribution in [-0.4, -0.2) is 17.1 Å². The minimum atomic E-state index is 0.570. The van der Waals surface area contributed by atoms with Gasteiger partial charge in [0.15, 0.2) is 5.82 Å². The van der Waals surface area contributed by atoms with Crippen molar-refractivity contribution in [3.05, 3.63) is 66.0 Å². The summed E-state index contributed by atoms with van der Waals surface area (Å²) in [6, 6.07) is 15.3. The largest absolute Gasteiger partial charge is 0.497 e. The standard InChI is InChI=1S/C19H13ClN2O2/c1-23-15-5-2-12(3-6-15)16-10-13(4-7-17(16)20)18-21-11-14-8-9-24-19(14)22-18/h2-11H,1H3. The molecule has 0 bridgehead atoms. The molecule has 0 saturated heterocycles. The van der Waals surface area contributed by atoms with E-state index in [2.05, 4.69) is 9.97 Å². The number of aromatic nitrogens is 2. The molecule has 4 rings (SSSR count). The molecule has 0 aliphatic carbocycles. The van der Waals surface area contributed by atoms with Crippen molar-refractivity contribution in [2.75, 3.05) is 7.11 Å². The Morgan fingerprint density at radius 1 is 1.00 bits per heavy atom. The maximum absolute atomic E-state index is 6.38. The molecule has 5 heteroatoms. The van der Waals surface area contributed by atoms with Crippen LogP contribution >= 0.6 is 11.6 Å². The van der Waals surface area contributed by atoms with Gasteiger partial charge in [-0.1, -0.05) is 23.7 Å². The molecule has 118 valence electrons. The van der Waals surface area contributed by atoms with Crippen LogP contribution in [0.4, 0.5) is 0 Å². The average molecular weight is 337 g/mol. The third-order valence-electron chi connectivity index (χ3n) is 3.83. The fourth-order valence-electron chi connectivity index (χ4n) is 2.55. The first-order chi connectivity index (χ1) is 11.7. The Morgan fingerprint density at radius 3 is 2.58 bits per heavy atom. The number of nitrogens with zero attached hydrogens (tertiary/aromatic N) is 2. The zero-order valence-electron chi connectivity index (χ0n) is 12.9. The van der Waals surface area contributed by atoms with Gasteiger partial charge in [0, 0.05) is 22.3 Å². The second-order valence-electron chi connectivity index (χ2n) is 5.30. The van der Waals surface area contributed by atoms with Crippen LogP contribution in [-0.2, 0) is 0 Å². The van der Waals surface area contributed by atoms with E-state index < -0.39 is 0 Å². The smallest absolute Gasteiger partial charge is 0.229 e. The lowest BCUT2D eigenvalue weighted by Crippen LogP contribution is -1.90. The van der Waals surface area contributed by atoms with Gasteiger partial charge in [-0.05, 0) is 42.0 Å². The van der Waals surface area contributed by atoms with Gasteiger partial charge < -0.3 is 9.15 Å². The molecule has 0 unspecified atom stereocenters. The first-order valence-corrected chi connectivity index (χ1v) is 7.77. The van der Waals surface area contributed by atoms with Gasteiger partial charge in [0.2, 0.25) is 5.71 Å². The van der Waals surface area contributed by atoms with Gasteiger partial charge in [-0.15, -0.1) is 0 Å². The quantitative estimate of drug-likeness (QED) is 0.514. The molecule has 0 N–H and O–H groups in total. The summed E-state index contributed by atoms with van der Waals surface area (Å²) in [5, 5.41) is 1.55. The van der Waals surface area contributed by atoms with E-state index in [1.807, 2.05) is 48.5 Å². The second-order valence-corrected chi connectivity index (χ2v) is 5.71. The minimum Gasteiger partial charge on any atom is -0.497 e. The Kier molecular flexibility index (Phi) is 3.67. The van der Waals surface area contributed by atoms with E-state index in [1.165, 1.54) is 0 Å². The maximum Gasteiger partial charge on any atom is 0.229 e. The molecule has 0 radical (unpaired) electrons. The summed E-state index contributed by atoms with van der Waals surface area (Å²) < 4.78 is 10.6. The second kappa shape index (κ2) is 5.98. The molecule has 0 atom stereocenters. The van der Waals surface area contributed by atoms with Crippen molar-refractivity contribution in [2.45, 2.75) is 0 Å². The van der Waals surface area contributed by atoms with Gasteiger partial charge in [-0.3, -0.25) is 0 Å². The Labute approximate surface area is 143 Å². The van der Waals surface area contributed by atoms with Crippen molar-refractivity contribution in [1.29, 1.82) is 0 Å². The van der Waals surface area contributed by atoms with Gasteiger partial charge >= 0.3 is 0 Å². The number of fused-ring (bicyclic) bond motifs is 1. The van der Waals surface area contributed by atoms with Crippen LogP contribution in [0.25, 0.3) is 33.6 Å². The van der Waals surface area contributed by atoms with Gasteiger partial charge in [0.1, 0.15) is 5.75 Å². The molecule has 0 fully saturated rings. The Morgan fingerprint density at radius 2 is 1.79 bits per heavy atom. The van der Waals surface area contributed by atoms with Crippen molar-refractivity contribution in [3.8, 4) is 28.3 Å².